The second-order valence-electron chi connectivity index (χ2n) is 7.37. The van der Waals surface area contributed by atoms with Crippen LogP contribution >= 0.6 is 11.3 Å². The fourth-order valence-electron chi connectivity index (χ4n) is 3.30. The zero-order chi connectivity index (χ0) is 20.8. The van der Waals surface area contributed by atoms with Gasteiger partial charge in [0.05, 0.1) is 0 Å². The van der Waals surface area contributed by atoms with E-state index in [1.807, 2.05) is 31.2 Å². The highest BCUT2D eigenvalue weighted by Gasteiger charge is 2.23. The van der Waals surface area contributed by atoms with Crippen LogP contribution in [0.1, 0.15) is 48.7 Å². The standard InChI is InChI=1S/C21H25N3O4S/c1-13-7-9-15(10-8-13)19-22-17(12-29-19)20(26)28-11-18(25)24-21(27)23-16-6-4-3-5-14(16)2/h7-10,12,14,16H,3-6,11H2,1-2H3,(H2,23,24,25,27). The third-order valence-electron chi connectivity index (χ3n) is 5.03. The molecule has 1 saturated carbocycles. The predicted octanol–water partition coefficient (Wildman–Crippen LogP) is 3.68. The van der Waals surface area contributed by atoms with Crippen molar-refractivity contribution >= 4 is 29.2 Å². The molecule has 1 aromatic heterocycles. The Kier molecular flexibility index (Phi) is 6.98. The Morgan fingerprint density at radius 2 is 1.90 bits per heavy atom. The van der Waals surface area contributed by atoms with Gasteiger partial charge < -0.3 is 10.1 Å². The Morgan fingerprint density at radius 3 is 2.62 bits per heavy atom. The van der Waals surface area contributed by atoms with Crippen molar-refractivity contribution < 1.29 is 19.1 Å². The molecule has 154 valence electrons. The molecule has 0 bridgehead atoms. The maximum atomic E-state index is 12.1. The van der Waals surface area contributed by atoms with Gasteiger partial charge in [0.25, 0.3) is 5.91 Å². The lowest BCUT2D eigenvalue weighted by atomic mass is 9.86. The summed E-state index contributed by atoms with van der Waals surface area (Å²) in [7, 11) is 0. The average molecular weight is 416 g/mol. The predicted molar refractivity (Wildman–Crippen MR) is 111 cm³/mol. The molecule has 29 heavy (non-hydrogen) atoms. The minimum atomic E-state index is -0.698. The first-order valence-electron chi connectivity index (χ1n) is 9.72. The molecule has 3 rings (SSSR count). The topological polar surface area (TPSA) is 97.4 Å². The van der Waals surface area contributed by atoms with Crippen molar-refractivity contribution in [1.29, 1.82) is 0 Å². The summed E-state index contributed by atoms with van der Waals surface area (Å²) in [6, 6.07) is 7.32. The van der Waals surface area contributed by atoms with E-state index in [9.17, 15) is 14.4 Å². The molecule has 1 aliphatic carbocycles. The van der Waals surface area contributed by atoms with Gasteiger partial charge in [0.15, 0.2) is 12.3 Å². The number of imide groups is 1. The summed E-state index contributed by atoms with van der Waals surface area (Å²) in [4.78, 5) is 40.3. The van der Waals surface area contributed by atoms with Gasteiger partial charge in [-0.15, -0.1) is 11.3 Å². The molecule has 7 nitrogen and oxygen atoms in total. The Hall–Kier alpha value is -2.74. The van der Waals surface area contributed by atoms with Gasteiger partial charge in [-0.2, -0.15) is 0 Å². The van der Waals surface area contributed by atoms with E-state index >= 15 is 0 Å². The zero-order valence-electron chi connectivity index (χ0n) is 16.6. The number of carbonyl (C=O) groups excluding carboxylic acids is 3. The minimum Gasteiger partial charge on any atom is -0.451 e. The van der Waals surface area contributed by atoms with E-state index in [1.165, 1.54) is 11.3 Å². The van der Waals surface area contributed by atoms with Crippen LogP contribution in [0, 0.1) is 12.8 Å². The first-order chi connectivity index (χ1) is 13.9. The molecule has 2 atom stereocenters. The van der Waals surface area contributed by atoms with Crippen LogP contribution in [0.25, 0.3) is 10.6 Å². The number of hydrogen-bond acceptors (Lipinski definition) is 6. The summed E-state index contributed by atoms with van der Waals surface area (Å²) in [5.41, 5.74) is 2.18. The Morgan fingerprint density at radius 1 is 1.17 bits per heavy atom. The SMILES string of the molecule is Cc1ccc(-c2nc(C(=O)OCC(=O)NC(=O)NC3CCCCC3C)cs2)cc1. The van der Waals surface area contributed by atoms with Crippen molar-refractivity contribution in [3.05, 3.63) is 40.9 Å². The van der Waals surface area contributed by atoms with Gasteiger partial charge in [-0.05, 0) is 25.7 Å². The van der Waals surface area contributed by atoms with Crippen LogP contribution in [0.3, 0.4) is 0 Å². The van der Waals surface area contributed by atoms with Crippen molar-refractivity contribution in [3.63, 3.8) is 0 Å². The fraction of sp³-hybridized carbons (Fsp3) is 0.429. The summed E-state index contributed by atoms with van der Waals surface area (Å²) in [5.74, 6) is -0.987. The van der Waals surface area contributed by atoms with Gasteiger partial charge >= 0.3 is 12.0 Å². The van der Waals surface area contributed by atoms with Crippen LogP contribution in [0.5, 0.6) is 0 Å². The van der Waals surface area contributed by atoms with Crippen molar-refractivity contribution in [2.75, 3.05) is 6.61 Å². The van der Waals surface area contributed by atoms with Gasteiger partial charge in [-0.3, -0.25) is 10.1 Å². The molecule has 2 N–H and O–H groups in total. The molecular weight excluding hydrogens is 390 g/mol. The molecule has 8 heteroatoms. The van der Waals surface area contributed by atoms with Crippen molar-refractivity contribution in [2.24, 2.45) is 5.92 Å². The van der Waals surface area contributed by atoms with E-state index in [4.69, 9.17) is 4.74 Å². The number of carbonyl (C=O) groups is 3. The largest absolute Gasteiger partial charge is 0.451 e. The van der Waals surface area contributed by atoms with E-state index in [1.54, 1.807) is 5.38 Å². The van der Waals surface area contributed by atoms with Gasteiger partial charge in [0.1, 0.15) is 5.01 Å². The van der Waals surface area contributed by atoms with Crippen molar-refractivity contribution in [2.45, 2.75) is 45.6 Å². The molecule has 1 heterocycles. The van der Waals surface area contributed by atoms with E-state index in [2.05, 4.69) is 22.5 Å². The lowest BCUT2D eigenvalue weighted by Gasteiger charge is -2.29. The van der Waals surface area contributed by atoms with E-state index in [-0.39, 0.29) is 11.7 Å². The fourth-order valence-corrected chi connectivity index (χ4v) is 4.09. The highest BCUT2D eigenvalue weighted by molar-refractivity contribution is 7.13. The maximum Gasteiger partial charge on any atom is 0.358 e. The molecule has 0 saturated heterocycles. The summed E-state index contributed by atoms with van der Waals surface area (Å²) < 4.78 is 4.98. The number of nitrogens with zero attached hydrogens (tertiary/aromatic N) is 1. The molecular formula is C21H25N3O4S. The summed E-state index contributed by atoms with van der Waals surface area (Å²) in [6.45, 7) is 3.55. The third-order valence-corrected chi connectivity index (χ3v) is 5.92. The number of hydrogen-bond donors (Lipinski definition) is 2. The van der Waals surface area contributed by atoms with Gasteiger partial charge in [-0.1, -0.05) is 49.6 Å². The molecule has 2 aromatic rings. The molecule has 0 radical (unpaired) electrons. The lowest BCUT2D eigenvalue weighted by molar-refractivity contribution is -0.123. The number of thiazole rings is 1. The number of urea groups is 1. The highest BCUT2D eigenvalue weighted by atomic mass is 32.1. The lowest BCUT2D eigenvalue weighted by Crippen LogP contribution is -2.48. The minimum absolute atomic E-state index is 0.0642. The Labute approximate surface area is 173 Å². The molecule has 2 unspecified atom stereocenters. The second-order valence-corrected chi connectivity index (χ2v) is 8.23. The van der Waals surface area contributed by atoms with E-state index in [0.717, 1.165) is 36.8 Å². The Balaban J connectivity index is 1.45. The Bertz CT molecular complexity index is 878. The van der Waals surface area contributed by atoms with Gasteiger partial charge in [0.2, 0.25) is 0 Å². The van der Waals surface area contributed by atoms with Crippen LogP contribution < -0.4 is 10.6 Å². The van der Waals surface area contributed by atoms with Crippen LogP contribution in [-0.2, 0) is 9.53 Å². The quantitative estimate of drug-likeness (QED) is 0.726. The number of aryl methyl sites for hydroxylation is 1. The van der Waals surface area contributed by atoms with Crippen LogP contribution in [0.15, 0.2) is 29.6 Å². The van der Waals surface area contributed by atoms with Gasteiger partial charge in [0, 0.05) is 17.0 Å². The summed E-state index contributed by atoms with van der Waals surface area (Å²) >= 11 is 1.32. The number of amides is 3. The second kappa shape index (κ2) is 9.65. The third kappa shape index (κ3) is 5.87. The zero-order valence-corrected chi connectivity index (χ0v) is 17.4. The average Bonchev–Trinajstić information content (AvgIpc) is 3.19. The van der Waals surface area contributed by atoms with Crippen molar-refractivity contribution in [1.82, 2.24) is 15.6 Å². The summed E-state index contributed by atoms with van der Waals surface area (Å²) in [5, 5.41) is 7.32. The van der Waals surface area contributed by atoms with E-state index in [0.29, 0.717) is 10.9 Å². The first-order valence-corrected chi connectivity index (χ1v) is 10.6. The summed E-state index contributed by atoms with van der Waals surface area (Å²) in [6.07, 6.45) is 4.21. The number of rotatable bonds is 5. The molecule has 3 amide bonds. The molecule has 1 aromatic carbocycles. The molecule has 0 aliphatic heterocycles. The van der Waals surface area contributed by atoms with Crippen molar-refractivity contribution in [3.8, 4) is 10.6 Å². The molecule has 1 fully saturated rings. The smallest absolute Gasteiger partial charge is 0.358 e. The molecule has 0 spiro atoms. The monoisotopic (exact) mass is 415 g/mol. The van der Waals surface area contributed by atoms with Gasteiger partial charge in [-0.25, -0.2) is 14.6 Å². The van der Waals surface area contributed by atoms with E-state index < -0.39 is 24.5 Å². The number of nitrogens with one attached hydrogen (secondary N) is 2. The number of benzene rings is 1. The number of aromatic nitrogens is 1. The van der Waals surface area contributed by atoms with Crippen LogP contribution in [0.2, 0.25) is 0 Å². The number of ether oxygens (including phenoxy) is 1. The first kappa shape index (κ1) is 21.0. The van der Waals surface area contributed by atoms with Crippen LogP contribution in [-0.4, -0.2) is 35.5 Å². The molecule has 1 aliphatic rings. The maximum absolute atomic E-state index is 12.1. The van der Waals surface area contributed by atoms with Crippen LogP contribution in [0.4, 0.5) is 4.79 Å². The highest BCUT2D eigenvalue weighted by Crippen LogP contribution is 2.24. The normalized spacial score (nSPS) is 18.7. The number of esters is 1.